The number of hydrogen-bond donors (Lipinski definition) is 4. The molecule has 0 unspecified atom stereocenters. The normalized spacial score (nSPS) is 19.8. The molecule has 0 radical (unpaired) electrons. The topological polar surface area (TPSA) is 137 Å². The van der Waals surface area contributed by atoms with Crippen LogP contribution in [0.15, 0.2) is 30.3 Å². The average Bonchev–Trinajstić information content (AvgIpc) is 3.63. The summed E-state index contributed by atoms with van der Waals surface area (Å²) >= 11 is 0. The number of ether oxygens (including phenoxy) is 1. The van der Waals surface area contributed by atoms with Crippen LogP contribution in [-0.4, -0.2) is 65.0 Å². The molecule has 9 heteroatoms. The van der Waals surface area contributed by atoms with Crippen LogP contribution in [0.4, 0.5) is 0 Å². The fourth-order valence-corrected chi connectivity index (χ4v) is 4.15. The van der Waals surface area contributed by atoms with Gasteiger partial charge in [0.15, 0.2) is 5.78 Å². The number of carbonyl (C=O) groups is 4. The third kappa shape index (κ3) is 9.83. The summed E-state index contributed by atoms with van der Waals surface area (Å²) in [5.74, 6) is -1.38. The second kappa shape index (κ2) is 14.4. The van der Waals surface area contributed by atoms with Crippen LogP contribution in [0.2, 0.25) is 0 Å². The van der Waals surface area contributed by atoms with Gasteiger partial charge in [-0.15, -0.1) is 0 Å². The molecule has 0 aliphatic carbocycles. The molecule has 212 valence electrons. The van der Waals surface area contributed by atoms with Crippen molar-refractivity contribution < 1.29 is 29.0 Å². The zero-order chi connectivity index (χ0) is 28.5. The summed E-state index contributed by atoms with van der Waals surface area (Å²) in [6.45, 7) is 11.7. The molecular weight excluding hydrogens is 486 g/mol. The Morgan fingerprint density at radius 1 is 0.868 bits per heavy atom. The maximum Gasteiger partial charge on any atom is 0.249 e. The van der Waals surface area contributed by atoms with Crippen molar-refractivity contribution in [3.8, 4) is 0 Å². The van der Waals surface area contributed by atoms with Crippen molar-refractivity contribution in [3.05, 3.63) is 35.9 Å². The van der Waals surface area contributed by atoms with E-state index in [4.69, 9.17) is 4.74 Å². The first-order chi connectivity index (χ1) is 17.9. The van der Waals surface area contributed by atoms with E-state index in [1.165, 1.54) is 0 Å². The minimum absolute atomic E-state index is 0.0727. The number of aliphatic hydroxyl groups is 1. The average molecular weight is 532 g/mol. The largest absolute Gasteiger partial charge is 0.383 e. The number of hydrogen-bond acceptors (Lipinski definition) is 6. The van der Waals surface area contributed by atoms with Gasteiger partial charge >= 0.3 is 0 Å². The number of rotatable bonds is 16. The molecule has 1 saturated heterocycles. The smallest absolute Gasteiger partial charge is 0.249 e. The minimum Gasteiger partial charge on any atom is -0.383 e. The number of epoxide rings is 1. The van der Waals surface area contributed by atoms with E-state index < -0.39 is 47.6 Å². The second-order valence-electron chi connectivity index (χ2n) is 11.3. The predicted molar refractivity (Wildman–Crippen MR) is 145 cm³/mol. The lowest BCUT2D eigenvalue weighted by molar-refractivity contribution is -0.136. The molecule has 1 aliphatic heterocycles. The van der Waals surface area contributed by atoms with E-state index >= 15 is 0 Å². The second-order valence-corrected chi connectivity index (χ2v) is 11.3. The lowest BCUT2D eigenvalue weighted by atomic mass is 9.93. The fraction of sp³-hybridized carbons (Fsp3) is 0.655. The molecule has 38 heavy (non-hydrogen) atoms. The lowest BCUT2D eigenvalue weighted by Crippen LogP contribution is -2.58. The molecular formula is C29H45N3O6. The van der Waals surface area contributed by atoms with Crippen LogP contribution in [0.1, 0.15) is 72.8 Å². The Labute approximate surface area is 226 Å². The first-order valence-corrected chi connectivity index (χ1v) is 13.7. The number of nitrogens with one attached hydrogen (secondary N) is 3. The van der Waals surface area contributed by atoms with E-state index in [-0.39, 0.29) is 24.5 Å². The van der Waals surface area contributed by atoms with Gasteiger partial charge in [-0.3, -0.25) is 19.2 Å². The molecule has 1 fully saturated rings. The van der Waals surface area contributed by atoms with Crippen molar-refractivity contribution in [2.75, 3.05) is 6.61 Å². The third-order valence-corrected chi connectivity index (χ3v) is 6.71. The Morgan fingerprint density at radius 3 is 1.95 bits per heavy atom. The number of carbonyl (C=O) groups excluding carboxylic acids is 4. The molecule has 1 aliphatic rings. The molecule has 5 atom stereocenters. The van der Waals surface area contributed by atoms with Gasteiger partial charge in [-0.1, -0.05) is 65.0 Å². The van der Waals surface area contributed by atoms with Crippen molar-refractivity contribution >= 4 is 23.5 Å². The summed E-state index contributed by atoms with van der Waals surface area (Å²) in [5, 5.41) is 18.2. The van der Waals surface area contributed by atoms with Crippen LogP contribution in [0.3, 0.4) is 0 Å². The highest BCUT2D eigenvalue weighted by Gasteiger charge is 2.50. The van der Waals surface area contributed by atoms with Crippen molar-refractivity contribution in [1.29, 1.82) is 0 Å². The van der Waals surface area contributed by atoms with Gasteiger partial charge in [0.2, 0.25) is 17.7 Å². The van der Waals surface area contributed by atoms with Crippen molar-refractivity contribution in [1.82, 2.24) is 16.0 Å². The standard InChI is InChI=1S/C29H45N3O6/c1-7-24(33)28(37)32-22(15-19(4)5)26(35)31-23(16-20-11-9-8-10-12-20)27(36)30-21(14-13-18(2)3)25(34)29(6)17-38-29/h8-12,18-19,21-24,33H,7,13-17H2,1-6H3,(H,30,36)(H,31,35)(H,32,37)/t21-,22-,23-,24-,29+/m0/s1. The summed E-state index contributed by atoms with van der Waals surface area (Å²) in [5.41, 5.74) is -0.0545. The van der Waals surface area contributed by atoms with Crippen molar-refractivity contribution in [2.45, 2.75) is 103 Å². The minimum atomic E-state index is -1.22. The zero-order valence-electron chi connectivity index (χ0n) is 23.6. The molecule has 3 amide bonds. The third-order valence-electron chi connectivity index (χ3n) is 6.71. The van der Waals surface area contributed by atoms with Crippen molar-refractivity contribution in [2.24, 2.45) is 11.8 Å². The van der Waals surface area contributed by atoms with Crippen LogP contribution < -0.4 is 16.0 Å². The van der Waals surface area contributed by atoms with Gasteiger partial charge in [0.05, 0.1) is 12.6 Å². The molecule has 0 saturated carbocycles. The van der Waals surface area contributed by atoms with Crippen molar-refractivity contribution in [3.63, 3.8) is 0 Å². The van der Waals surface area contributed by atoms with E-state index in [1.54, 1.807) is 13.8 Å². The van der Waals surface area contributed by atoms with Gasteiger partial charge in [-0.2, -0.15) is 0 Å². The van der Waals surface area contributed by atoms with Gasteiger partial charge in [0.1, 0.15) is 23.8 Å². The molecule has 0 spiro atoms. The zero-order valence-corrected chi connectivity index (χ0v) is 23.6. The van der Waals surface area contributed by atoms with Gasteiger partial charge in [-0.25, -0.2) is 0 Å². The summed E-state index contributed by atoms with van der Waals surface area (Å²) in [6, 6.07) is 6.64. The van der Waals surface area contributed by atoms with E-state index in [0.717, 1.165) is 12.0 Å². The SMILES string of the molecule is CC[C@H](O)C(=O)N[C@@H](CC(C)C)C(=O)N[C@@H](Cc1ccccc1)C(=O)N[C@@H](CCC(C)C)C(=O)[C@@]1(C)CO1. The van der Waals surface area contributed by atoms with Gasteiger partial charge in [0.25, 0.3) is 0 Å². The number of amides is 3. The van der Waals surface area contributed by atoms with Crippen LogP contribution in [-0.2, 0) is 30.3 Å². The molecule has 1 aromatic carbocycles. The number of benzene rings is 1. The summed E-state index contributed by atoms with van der Waals surface area (Å²) in [6.07, 6.45) is 0.740. The Hall–Kier alpha value is -2.78. The Bertz CT molecular complexity index is 945. The molecule has 2 rings (SSSR count). The first kappa shape index (κ1) is 31.4. The maximum atomic E-state index is 13.6. The molecule has 0 bridgehead atoms. The maximum absolute atomic E-state index is 13.6. The summed E-state index contributed by atoms with van der Waals surface area (Å²) < 4.78 is 5.35. The fourth-order valence-electron chi connectivity index (χ4n) is 4.15. The monoisotopic (exact) mass is 531 g/mol. The first-order valence-electron chi connectivity index (χ1n) is 13.7. The number of Topliss-reactive ketones (excluding diaryl/α,β-unsaturated/α-hetero) is 1. The molecule has 1 aromatic rings. The van der Waals surface area contributed by atoms with Gasteiger partial charge in [-0.05, 0) is 50.0 Å². The van der Waals surface area contributed by atoms with E-state index in [0.29, 0.717) is 25.4 Å². The van der Waals surface area contributed by atoms with E-state index in [9.17, 15) is 24.3 Å². The Balaban J connectivity index is 2.25. The highest BCUT2D eigenvalue weighted by Crippen LogP contribution is 2.29. The van der Waals surface area contributed by atoms with Crippen LogP contribution in [0.25, 0.3) is 0 Å². The Morgan fingerprint density at radius 2 is 1.42 bits per heavy atom. The quantitative estimate of drug-likeness (QED) is 0.242. The van der Waals surface area contributed by atoms with E-state index in [1.807, 2.05) is 44.2 Å². The van der Waals surface area contributed by atoms with Crippen LogP contribution in [0, 0.1) is 11.8 Å². The number of aliphatic hydroxyl groups excluding tert-OH is 1. The van der Waals surface area contributed by atoms with E-state index in [2.05, 4.69) is 29.8 Å². The summed E-state index contributed by atoms with van der Waals surface area (Å²) in [7, 11) is 0. The lowest BCUT2D eigenvalue weighted by Gasteiger charge is -2.27. The van der Waals surface area contributed by atoms with Gasteiger partial charge in [0, 0.05) is 6.42 Å². The molecule has 1 heterocycles. The molecule has 0 aromatic heterocycles. The Kier molecular flexibility index (Phi) is 11.9. The highest BCUT2D eigenvalue weighted by molar-refractivity contribution is 5.98. The highest BCUT2D eigenvalue weighted by atomic mass is 16.6. The van der Waals surface area contributed by atoms with Crippen LogP contribution in [0.5, 0.6) is 0 Å². The molecule has 4 N–H and O–H groups in total. The molecule has 9 nitrogen and oxygen atoms in total. The predicted octanol–water partition coefficient (Wildman–Crippen LogP) is 2.29. The van der Waals surface area contributed by atoms with Crippen LogP contribution >= 0.6 is 0 Å². The van der Waals surface area contributed by atoms with Gasteiger partial charge < -0.3 is 25.8 Å². The number of ketones is 1. The summed E-state index contributed by atoms with van der Waals surface area (Å²) in [4.78, 5) is 52.4.